The van der Waals surface area contributed by atoms with Crippen LogP contribution in [0.4, 0.5) is 20.6 Å². The van der Waals surface area contributed by atoms with Crippen molar-refractivity contribution in [3.8, 4) is 0 Å². The topological polar surface area (TPSA) is 131 Å². The molecule has 1 saturated carbocycles. The van der Waals surface area contributed by atoms with E-state index in [1.165, 1.54) is 24.0 Å². The van der Waals surface area contributed by atoms with Gasteiger partial charge < -0.3 is 20.6 Å². The molecule has 0 radical (unpaired) electrons. The lowest BCUT2D eigenvalue weighted by atomic mass is 9.84. The molecule has 4 amide bonds. The largest absolute Gasteiger partial charge is 0.481 e. The van der Waals surface area contributed by atoms with Crippen molar-refractivity contribution in [3.05, 3.63) is 95.3 Å². The fourth-order valence-electron chi connectivity index (χ4n) is 6.61. The van der Waals surface area contributed by atoms with Crippen LogP contribution < -0.4 is 15.5 Å². The van der Waals surface area contributed by atoms with Crippen molar-refractivity contribution in [3.63, 3.8) is 0 Å². The molecule has 7 rings (SSSR count). The maximum Gasteiger partial charge on any atom is 0.321 e. The maximum atomic E-state index is 15.2. The van der Waals surface area contributed by atoms with Gasteiger partial charge in [0.15, 0.2) is 0 Å². The smallest absolute Gasteiger partial charge is 0.321 e. The van der Waals surface area contributed by atoms with Crippen molar-refractivity contribution in [2.24, 2.45) is 16.8 Å². The molecule has 1 unspecified atom stereocenters. The minimum Gasteiger partial charge on any atom is -0.481 e. The number of halogens is 1. The Kier molecular flexibility index (Phi) is 8.83. The molecule has 2 saturated heterocycles. The van der Waals surface area contributed by atoms with Crippen molar-refractivity contribution in [1.82, 2.24) is 10.2 Å². The van der Waals surface area contributed by atoms with Crippen molar-refractivity contribution in [2.75, 3.05) is 29.9 Å². The number of carboxylic acid groups (broad SMARTS) is 1. The second-order valence-electron chi connectivity index (χ2n) is 12.3. The highest BCUT2D eigenvalue weighted by Crippen LogP contribution is 2.35. The third-order valence-electron chi connectivity index (χ3n) is 9.19. The molecule has 3 aliphatic heterocycles. The van der Waals surface area contributed by atoms with Crippen LogP contribution in [0.15, 0.2) is 77.8 Å². The van der Waals surface area contributed by atoms with E-state index in [4.69, 9.17) is 0 Å². The van der Waals surface area contributed by atoms with E-state index in [-0.39, 0.29) is 23.7 Å². The molecule has 238 valence electrons. The van der Waals surface area contributed by atoms with Gasteiger partial charge in [-0.05, 0) is 80.3 Å². The first-order valence-electron chi connectivity index (χ1n) is 15.6. The Morgan fingerprint density at radius 2 is 1.59 bits per heavy atom. The predicted molar refractivity (Wildman–Crippen MR) is 171 cm³/mol. The molecule has 3 aromatic rings. The van der Waals surface area contributed by atoms with E-state index in [0.29, 0.717) is 47.4 Å². The number of nitrogens with zero attached hydrogens (tertiary/aromatic N) is 3. The summed E-state index contributed by atoms with van der Waals surface area (Å²) in [5, 5.41) is 14.7. The molecule has 3 aromatic carbocycles. The normalized spacial score (nSPS) is 21.4. The Balaban J connectivity index is 1.33. The number of benzodiazepines with no additional fused rings is 1. The molecule has 2 atom stereocenters. The summed E-state index contributed by atoms with van der Waals surface area (Å²) in [4.78, 5) is 60.6. The molecule has 0 spiro atoms. The zero-order valence-corrected chi connectivity index (χ0v) is 25.5. The van der Waals surface area contributed by atoms with Gasteiger partial charge in [-0.2, -0.15) is 0 Å². The third-order valence-corrected chi connectivity index (χ3v) is 9.19. The second kappa shape index (κ2) is 13.1. The molecular weight excluding hydrogens is 589 g/mol. The molecule has 11 heteroatoms. The van der Waals surface area contributed by atoms with Gasteiger partial charge in [0, 0.05) is 29.9 Å². The van der Waals surface area contributed by atoms with Gasteiger partial charge in [-0.25, -0.2) is 14.2 Å². The third kappa shape index (κ3) is 6.49. The molecule has 46 heavy (non-hydrogen) atoms. The number of carbonyl (C=O) groups excluding carboxylic acids is 3. The van der Waals surface area contributed by atoms with E-state index in [0.717, 1.165) is 25.7 Å². The Morgan fingerprint density at radius 1 is 0.935 bits per heavy atom. The van der Waals surface area contributed by atoms with Crippen LogP contribution in [0.25, 0.3) is 0 Å². The first-order chi connectivity index (χ1) is 22.2. The quantitative estimate of drug-likeness (QED) is 0.340. The summed E-state index contributed by atoms with van der Waals surface area (Å²) in [6.45, 7) is 2.58. The van der Waals surface area contributed by atoms with E-state index >= 15 is 4.39 Å². The molecule has 4 aliphatic rings. The molecule has 3 heterocycles. The van der Waals surface area contributed by atoms with Crippen LogP contribution in [0.3, 0.4) is 0 Å². The second-order valence-corrected chi connectivity index (χ2v) is 12.3. The molecule has 3 N–H and O–H groups in total. The number of aliphatic carboxylic acids is 1. The van der Waals surface area contributed by atoms with Crippen molar-refractivity contribution < 1.29 is 28.7 Å². The van der Waals surface area contributed by atoms with Gasteiger partial charge >= 0.3 is 12.0 Å². The van der Waals surface area contributed by atoms with Crippen molar-refractivity contribution >= 4 is 40.9 Å². The minimum absolute atomic E-state index is 0.141. The fraction of sp³-hybridized carbons (Fsp3) is 0.343. The van der Waals surface area contributed by atoms with Crippen LogP contribution in [-0.4, -0.2) is 65.3 Å². The number of aliphatic imine (C=N–C) groups is 1. The Bertz CT molecular complexity index is 1690. The number of carboxylic acids is 1. The van der Waals surface area contributed by atoms with E-state index in [2.05, 4.69) is 15.6 Å². The summed E-state index contributed by atoms with van der Waals surface area (Å²) < 4.78 is 15.2. The van der Waals surface area contributed by atoms with Crippen molar-refractivity contribution in [2.45, 2.75) is 44.7 Å². The SMILES string of the molecule is CC(C(=O)O)c1cccc(NC(=O)N[C@@H]2N=C(c3ccccc3F)c3ccccc3N(CC(=O)N3CC4CCC(CC4)C3)C2=O)c1. The first kappa shape index (κ1) is 30.9. The molecule has 10 nitrogen and oxygen atoms in total. The highest BCUT2D eigenvalue weighted by molar-refractivity contribution is 6.21. The molecule has 1 aliphatic carbocycles. The summed E-state index contributed by atoms with van der Waals surface area (Å²) in [5.74, 6) is -2.31. The number of hydrogen-bond donors (Lipinski definition) is 3. The molecular formula is C35H36FN5O5. The summed E-state index contributed by atoms with van der Waals surface area (Å²) in [7, 11) is 0. The summed E-state index contributed by atoms with van der Waals surface area (Å²) in [6.07, 6.45) is 2.88. The van der Waals surface area contributed by atoms with E-state index in [1.54, 1.807) is 60.7 Å². The van der Waals surface area contributed by atoms with Crippen LogP contribution in [0, 0.1) is 17.7 Å². The number of urea groups is 1. The van der Waals surface area contributed by atoms with E-state index in [1.807, 2.05) is 4.90 Å². The van der Waals surface area contributed by atoms with Crippen LogP contribution in [-0.2, 0) is 14.4 Å². The predicted octanol–water partition coefficient (Wildman–Crippen LogP) is 4.99. The number of nitrogens with one attached hydrogen (secondary N) is 2. The van der Waals surface area contributed by atoms with Gasteiger partial charge in [0.1, 0.15) is 12.4 Å². The van der Waals surface area contributed by atoms with Crippen LogP contribution >= 0.6 is 0 Å². The monoisotopic (exact) mass is 625 g/mol. The van der Waals surface area contributed by atoms with Gasteiger partial charge in [0.25, 0.3) is 5.91 Å². The lowest BCUT2D eigenvalue weighted by Gasteiger charge is -2.29. The zero-order chi connectivity index (χ0) is 32.4. The number of benzene rings is 3. The summed E-state index contributed by atoms with van der Waals surface area (Å²) in [5.41, 5.74) is 1.94. The average molecular weight is 626 g/mol. The van der Waals surface area contributed by atoms with E-state index in [9.17, 15) is 24.3 Å². The van der Waals surface area contributed by atoms with Gasteiger partial charge in [-0.3, -0.25) is 19.3 Å². The fourth-order valence-corrected chi connectivity index (χ4v) is 6.61. The van der Waals surface area contributed by atoms with Gasteiger partial charge in [-0.1, -0.05) is 42.5 Å². The number of rotatable bonds is 7. The van der Waals surface area contributed by atoms with E-state index < -0.39 is 35.8 Å². The summed E-state index contributed by atoms with van der Waals surface area (Å²) in [6, 6.07) is 18.6. The minimum atomic E-state index is -1.50. The average Bonchev–Trinajstić information content (AvgIpc) is 3.44. The van der Waals surface area contributed by atoms with Crippen LogP contribution in [0.5, 0.6) is 0 Å². The summed E-state index contributed by atoms with van der Waals surface area (Å²) >= 11 is 0. The van der Waals surface area contributed by atoms with Gasteiger partial charge in [0.05, 0.1) is 17.3 Å². The van der Waals surface area contributed by atoms with Gasteiger partial charge in [-0.15, -0.1) is 0 Å². The highest BCUT2D eigenvalue weighted by atomic mass is 19.1. The van der Waals surface area contributed by atoms with Crippen LogP contribution in [0.2, 0.25) is 0 Å². The maximum absolute atomic E-state index is 15.2. The lowest BCUT2D eigenvalue weighted by molar-refractivity contribution is -0.138. The number of anilines is 2. The Hall–Kier alpha value is -5.06. The molecule has 2 bridgehead atoms. The Morgan fingerprint density at radius 3 is 2.26 bits per heavy atom. The lowest BCUT2D eigenvalue weighted by Crippen LogP contribution is -2.51. The Labute approximate surface area is 266 Å². The number of amides is 4. The molecule has 0 aromatic heterocycles. The highest BCUT2D eigenvalue weighted by Gasteiger charge is 2.37. The number of carbonyl (C=O) groups is 4. The van der Waals surface area contributed by atoms with Crippen LogP contribution in [0.1, 0.15) is 55.2 Å². The number of hydrogen-bond acceptors (Lipinski definition) is 5. The number of para-hydroxylation sites is 1. The zero-order valence-electron chi connectivity index (χ0n) is 25.5. The number of fused-ring (bicyclic) bond motifs is 5. The van der Waals surface area contributed by atoms with Crippen molar-refractivity contribution in [1.29, 1.82) is 0 Å². The first-order valence-corrected chi connectivity index (χ1v) is 15.6. The van der Waals surface area contributed by atoms with Gasteiger partial charge in [0.2, 0.25) is 12.1 Å². The standard InChI is InChI=1S/C35H36FN5O5/c1-21(34(44)45)24-7-6-8-25(17-24)37-35(46)39-32-33(43)41(20-30(42)40-18-22-13-14-23(19-40)16-15-22)29-12-5-3-10-27(29)31(38-32)26-9-2-4-11-28(26)36/h2-12,17,21-23,32H,13-16,18-20H2,1H3,(H,44,45)(H2,37,39,46)/t21?,22?,23?,32-/m0/s1. The molecule has 3 fully saturated rings.